The highest BCUT2D eigenvalue weighted by Crippen LogP contribution is 2.34. The Labute approximate surface area is 132 Å². The largest absolute Gasteiger partial charge is 0.496 e. The van der Waals surface area contributed by atoms with Gasteiger partial charge >= 0.3 is 0 Å². The van der Waals surface area contributed by atoms with Gasteiger partial charge in [-0.3, -0.25) is 0 Å². The average molecular weight is 304 g/mol. The van der Waals surface area contributed by atoms with E-state index in [-0.39, 0.29) is 6.04 Å². The van der Waals surface area contributed by atoms with Crippen LogP contribution < -0.4 is 10.1 Å². The van der Waals surface area contributed by atoms with Crippen molar-refractivity contribution in [2.45, 2.75) is 26.8 Å². The van der Waals surface area contributed by atoms with Crippen LogP contribution in [0.25, 0.3) is 0 Å². The first-order chi connectivity index (χ1) is 10.1. The number of hydrogen-bond acceptors (Lipinski definition) is 2. The summed E-state index contributed by atoms with van der Waals surface area (Å²) >= 11 is 6.46. The summed E-state index contributed by atoms with van der Waals surface area (Å²) in [5, 5.41) is 4.29. The van der Waals surface area contributed by atoms with E-state index in [1.807, 2.05) is 19.1 Å². The summed E-state index contributed by atoms with van der Waals surface area (Å²) in [7, 11) is 1.70. The van der Waals surface area contributed by atoms with E-state index in [1.54, 1.807) is 7.11 Å². The fraction of sp³-hybridized carbons (Fsp3) is 0.333. The molecule has 0 amide bonds. The molecular weight excluding hydrogens is 282 g/mol. The van der Waals surface area contributed by atoms with Gasteiger partial charge in [-0.2, -0.15) is 0 Å². The minimum atomic E-state index is 0.0259. The molecule has 2 aromatic rings. The minimum absolute atomic E-state index is 0.0259. The second kappa shape index (κ2) is 6.97. The summed E-state index contributed by atoms with van der Waals surface area (Å²) in [5.74, 6) is 0.878. The molecule has 1 unspecified atom stereocenters. The fourth-order valence-corrected chi connectivity index (χ4v) is 2.88. The van der Waals surface area contributed by atoms with Crippen LogP contribution in [0.3, 0.4) is 0 Å². The maximum absolute atomic E-state index is 6.46. The molecule has 0 aliphatic heterocycles. The van der Waals surface area contributed by atoms with Gasteiger partial charge in [-0.1, -0.05) is 48.4 Å². The third kappa shape index (κ3) is 3.58. The van der Waals surface area contributed by atoms with Gasteiger partial charge in [-0.25, -0.2) is 0 Å². The quantitative estimate of drug-likeness (QED) is 0.867. The Balaban J connectivity index is 2.55. The van der Waals surface area contributed by atoms with E-state index in [4.69, 9.17) is 16.3 Å². The van der Waals surface area contributed by atoms with Gasteiger partial charge in [0.15, 0.2) is 0 Å². The summed E-state index contributed by atoms with van der Waals surface area (Å²) in [6.45, 7) is 7.08. The van der Waals surface area contributed by atoms with Gasteiger partial charge < -0.3 is 10.1 Å². The smallest absolute Gasteiger partial charge is 0.124 e. The topological polar surface area (TPSA) is 21.3 Å². The molecule has 0 radical (unpaired) electrons. The van der Waals surface area contributed by atoms with E-state index >= 15 is 0 Å². The van der Waals surface area contributed by atoms with E-state index < -0.39 is 0 Å². The van der Waals surface area contributed by atoms with Crippen molar-refractivity contribution in [3.8, 4) is 5.75 Å². The molecule has 112 valence electrons. The van der Waals surface area contributed by atoms with Gasteiger partial charge in [-0.05, 0) is 43.7 Å². The number of hydrogen-bond donors (Lipinski definition) is 1. The minimum Gasteiger partial charge on any atom is -0.496 e. The summed E-state index contributed by atoms with van der Waals surface area (Å²) in [5.41, 5.74) is 4.56. The fourth-order valence-electron chi connectivity index (χ4n) is 2.54. The molecule has 2 nitrogen and oxygen atoms in total. The van der Waals surface area contributed by atoms with Crippen LogP contribution in [0.1, 0.15) is 35.2 Å². The number of rotatable bonds is 5. The van der Waals surface area contributed by atoms with Crippen molar-refractivity contribution in [3.05, 3.63) is 63.7 Å². The van der Waals surface area contributed by atoms with Crippen molar-refractivity contribution in [3.63, 3.8) is 0 Å². The lowest BCUT2D eigenvalue weighted by Gasteiger charge is -2.23. The molecule has 0 saturated heterocycles. The summed E-state index contributed by atoms with van der Waals surface area (Å²) in [6.07, 6.45) is 0. The van der Waals surface area contributed by atoms with Crippen molar-refractivity contribution in [2.75, 3.05) is 13.7 Å². The van der Waals surface area contributed by atoms with E-state index in [0.29, 0.717) is 0 Å². The molecule has 1 atom stereocenters. The predicted octanol–water partition coefficient (Wildman–Crippen LogP) is 4.66. The number of nitrogens with one attached hydrogen (secondary N) is 1. The van der Waals surface area contributed by atoms with Crippen molar-refractivity contribution in [1.82, 2.24) is 5.32 Å². The first-order valence-corrected chi connectivity index (χ1v) is 7.58. The highest BCUT2D eigenvalue weighted by atomic mass is 35.5. The van der Waals surface area contributed by atoms with Gasteiger partial charge in [0, 0.05) is 10.6 Å². The first-order valence-electron chi connectivity index (χ1n) is 7.20. The summed E-state index contributed by atoms with van der Waals surface area (Å²) in [4.78, 5) is 0. The van der Waals surface area contributed by atoms with Gasteiger partial charge in [0.2, 0.25) is 0 Å². The number of halogens is 1. The lowest BCUT2D eigenvalue weighted by Crippen LogP contribution is -2.23. The van der Waals surface area contributed by atoms with Crippen LogP contribution in [0.2, 0.25) is 5.02 Å². The average Bonchev–Trinajstić information content (AvgIpc) is 2.45. The predicted molar refractivity (Wildman–Crippen MR) is 89.4 cm³/mol. The van der Waals surface area contributed by atoms with E-state index in [9.17, 15) is 0 Å². The van der Waals surface area contributed by atoms with Gasteiger partial charge in [0.05, 0.1) is 13.2 Å². The zero-order valence-electron chi connectivity index (χ0n) is 13.0. The van der Waals surface area contributed by atoms with E-state index in [2.05, 4.69) is 43.4 Å². The zero-order chi connectivity index (χ0) is 15.4. The number of aryl methyl sites for hydroxylation is 2. The molecule has 21 heavy (non-hydrogen) atoms. The molecule has 0 bridgehead atoms. The zero-order valence-corrected chi connectivity index (χ0v) is 13.8. The molecule has 2 rings (SSSR count). The molecular formula is C18H22ClNO. The molecule has 0 fully saturated rings. The van der Waals surface area contributed by atoms with Crippen molar-refractivity contribution in [2.24, 2.45) is 0 Å². The molecule has 3 heteroatoms. The number of benzene rings is 2. The highest BCUT2D eigenvalue weighted by molar-refractivity contribution is 6.31. The van der Waals surface area contributed by atoms with Crippen molar-refractivity contribution >= 4 is 11.6 Å². The SMILES string of the molecule is CCNC(c1ccc(C)cc1Cl)c1cc(C)ccc1OC. The Kier molecular flexibility index (Phi) is 5.27. The third-order valence-corrected chi connectivity index (χ3v) is 3.90. The first kappa shape index (κ1) is 15.9. The maximum atomic E-state index is 6.46. The highest BCUT2D eigenvalue weighted by Gasteiger charge is 2.20. The summed E-state index contributed by atoms with van der Waals surface area (Å²) in [6, 6.07) is 12.4. The Hall–Kier alpha value is -1.51. The lowest BCUT2D eigenvalue weighted by molar-refractivity contribution is 0.404. The monoisotopic (exact) mass is 303 g/mol. The molecule has 0 aliphatic carbocycles. The molecule has 0 aromatic heterocycles. The Bertz CT molecular complexity index is 625. The Morgan fingerprint density at radius 3 is 2.33 bits per heavy atom. The van der Waals surface area contributed by atoms with Crippen LogP contribution >= 0.6 is 11.6 Å². The van der Waals surface area contributed by atoms with Gasteiger partial charge in [-0.15, -0.1) is 0 Å². The second-order valence-electron chi connectivity index (χ2n) is 5.26. The van der Waals surface area contributed by atoms with E-state index in [0.717, 1.165) is 34.0 Å². The standard InChI is InChI=1S/C18H22ClNO/c1-5-20-18(14-8-6-13(3)11-16(14)19)15-10-12(2)7-9-17(15)21-4/h6-11,18,20H,5H2,1-4H3. The van der Waals surface area contributed by atoms with Crippen LogP contribution in [-0.2, 0) is 0 Å². The van der Waals surface area contributed by atoms with Gasteiger partial charge in [0.1, 0.15) is 5.75 Å². The molecule has 0 heterocycles. The van der Waals surface area contributed by atoms with E-state index in [1.165, 1.54) is 5.56 Å². The van der Waals surface area contributed by atoms with Gasteiger partial charge in [0.25, 0.3) is 0 Å². The molecule has 0 saturated carbocycles. The van der Waals surface area contributed by atoms with Crippen LogP contribution in [-0.4, -0.2) is 13.7 Å². The van der Waals surface area contributed by atoms with Crippen LogP contribution in [0, 0.1) is 13.8 Å². The Morgan fingerprint density at radius 2 is 1.71 bits per heavy atom. The normalized spacial score (nSPS) is 12.2. The Morgan fingerprint density at radius 1 is 1.05 bits per heavy atom. The molecule has 1 N–H and O–H groups in total. The van der Waals surface area contributed by atoms with Crippen molar-refractivity contribution < 1.29 is 4.74 Å². The van der Waals surface area contributed by atoms with Crippen LogP contribution in [0.5, 0.6) is 5.75 Å². The number of ether oxygens (including phenoxy) is 1. The van der Waals surface area contributed by atoms with Crippen LogP contribution in [0.15, 0.2) is 36.4 Å². The molecule has 0 spiro atoms. The molecule has 2 aromatic carbocycles. The van der Waals surface area contributed by atoms with Crippen molar-refractivity contribution in [1.29, 1.82) is 0 Å². The molecule has 0 aliphatic rings. The summed E-state index contributed by atoms with van der Waals surface area (Å²) < 4.78 is 5.53. The number of methoxy groups -OCH3 is 1. The lowest BCUT2D eigenvalue weighted by atomic mass is 9.95. The third-order valence-electron chi connectivity index (χ3n) is 3.57. The van der Waals surface area contributed by atoms with Crippen LogP contribution in [0.4, 0.5) is 0 Å². The second-order valence-corrected chi connectivity index (χ2v) is 5.67. The maximum Gasteiger partial charge on any atom is 0.124 e.